The van der Waals surface area contributed by atoms with Gasteiger partial charge in [-0.25, -0.2) is 9.78 Å². The molecule has 0 aliphatic carbocycles. The van der Waals surface area contributed by atoms with Crippen LogP contribution in [-0.2, 0) is 11.2 Å². The van der Waals surface area contributed by atoms with Crippen LogP contribution in [0.25, 0.3) is 0 Å². The van der Waals surface area contributed by atoms with Crippen LogP contribution < -0.4 is 5.32 Å². The summed E-state index contributed by atoms with van der Waals surface area (Å²) in [6, 6.07) is 3.64. The lowest BCUT2D eigenvalue weighted by Crippen LogP contribution is -2.07. The van der Waals surface area contributed by atoms with Crippen LogP contribution in [0.4, 0.5) is 5.82 Å². The van der Waals surface area contributed by atoms with E-state index in [2.05, 4.69) is 10.3 Å². The largest absolute Gasteiger partial charge is 0.461 e. The van der Waals surface area contributed by atoms with Crippen LogP contribution in [0.5, 0.6) is 0 Å². The Kier molecular flexibility index (Phi) is 2.35. The minimum Gasteiger partial charge on any atom is -0.461 e. The van der Waals surface area contributed by atoms with E-state index in [0.29, 0.717) is 12.3 Å². The number of ether oxygens (including phenoxy) is 1. The lowest BCUT2D eigenvalue weighted by molar-refractivity contribution is 0.0519. The van der Waals surface area contributed by atoms with E-state index in [1.807, 2.05) is 6.07 Å². The van der Waals surface area contributed by atoms with Crippen molar-refractivity contribution in [3.05, 3.63) is 23.4 Å². The second-order valence-electron chi connectivity index (χ2n) is 3.10. The average Bonchev–Trinajstić information content (AvgIpc) is 2.64. The third-order valence-electron chi connectivity index (χ3n) is 2.15. The van der Waals surface area contributed by atoms with Crippen molar-refractivity contribution in [3.63, 3.8) is 0 Å². The van der Waals surface area contributed by atoms with Crippen molar-refractivity contribution in [2.24, 2.45) is 0 Å². The number of esters is 1. The molecule has 1 aliphatic heterocycles. The van der Waals surface area contributed by atoms with Crippen LogP contribution >= 0.6 is 0 Å². The summed E-state index contributed by atoms with van der Waals surface area (Å²) < 4.78 is 4.86. The summed E-state index contributed by atoms with van der Waals surface area (Å²) in [6.45, 7) is 3.06. The Morgan fingerprint density at radius 1 is 1.64 bits per heavy atom. The van der Waals surface area contributed by atoms with Crippen molar-refractivity contribution in [2.75, 3.05) is 18.5 Å². The molecule has 0 aromatic carbocycles. The van der Waals surface area contributed by atoms with E-state index < -0.39 is 0 Å². The molecular formula is C10H12N2O2. The molecule has 4 nitrogen and oxygen atoms in total. The highest BCUT2D eigenvalue weighted by molar-refractivity contribution is 5.87. The van der Waals surface area contributed by atoms with Crippen LogP contribution in [0.2, 0.25) is 0 Å². The Bertz CT molecular complexity index is 363. The van der Waals surface area contributed by atoms with Gasteiger partial charge in [-0.15, -0.1) is 0 Å². The molecule has 0 saturated carbocycles. The van der Waals surface area contributed by atoms with Gasteiger partial charge in [0.1, 0.15) is 5.82 Å². The van der Waals surface area contributed by atoms with Gasteiger partial charge in [-0.1, -0.05) is 6.07 Å². The first-order valence-electron chi connectivity index (χ1n) is 4.72. The number of anilines is 1. The fraction of sp³-hybridized carbons (Fsp3) is 0.400. The molecule has 0 spiro atoms. The van der Waals surface area contributed by atoms with Gasteiger partial charge in [0.15, 0.2) is 5.69 Å². The van der Waals surface area contributed by atoms with Crippen LogP contribution in [0.1, 0.15) is 23.0 Å². The van der Waals surface area contributed by atoms with Gasteiger partial charge in [-0.2, -0.15) is 0 Å². The molecular weight excluding hydrogens is 180 g/mol. The number of pyridine rings is 1. The molecule has 1 N–H and O–H groups in total. The van der Waals surface area contributed by atoms with Crippen LogP contribution in [0.3, 0.4) is 0 Å². The quantitative estimate of drug-likeness (QED) is 0.716. The lowest BCUT2D eigenvalue weighted by atomic mass is 10.2. The monoisotopic (exact) mass is 192 g/mol. The number of rotatable bonds is 2. The van der Waals surface area contributed by atoms with E-state index in [-0.39, 0.29) is 5.97 Å². The van der Waals surface area contributed by atoms with Gasteiger partial charge >= 0.3 is 5.97 Å². The summed E-state index contributed by atoms with van der Waals surface area (Å²) >= 11 is 0. The number of nitrogens with one attached hydrogen (secondary N) is 1. The van der Waals surface area contributed by atoms with Crippen molar-refractivity contribution < 1.29 is 9.53 Å². The minimum atomic E-state index is -0.357. The standard InChI is InChI=1S/C10H12N2O2/c1-2-14-10(13)8-4-3-7-5-6-11-9(7)12-8/h3-4H,2,5-6H2,1H3,(H,11,12). The van der Waals surface area contributed by atoms with Crippen molar-refractivity contribution >= 4 is 11.8 Å². The number of hydrogen-bond donors (Lipinski definition) is 1. The van der Waals surface area contributed by atoms with Gasteiger partial charge in [-0.3, -0.25) is 0 Å². The topological polar surface area (TPSA) is 51.2 Å². The molecule has 1 aliphatic rings. The average molecular weight is 192 g/mol. The summed E-state index contributed by atoms with van der Waals surface area (Å²) in [6.07, 6.45) is 0.978. The molecule has 0 bridgehead atoms. The Morgan fingerprint density at radius 2 is 2.50 bits per heavy atom. The van der Waals surface area contributed by atoms with E-state index in [4.69, 9.17) is 4.74 Å². The molecule has 14 heavy (non-hydrogen) atoms. The smallest absolute Gasteiger partial charge is 0.356 e. The number of aromatic nitrogens is 1. The van der Waals surface area contributed by atoms with Crippen LogP contribution in [0.15, 0.2) is 12.1 Å². The van der Waals surface area contributed by atoms with Crippen LogP contribution in [-0.4, -0.2) is 24.1 Å². The molecule has 0 radical (unpaired) electrons. The molecule has 0 unspecified atom stereocenters. The highest BCUT2D eigenvalue weighted by Gasteiger charge is 2.15. The third-order valence-corrected chi connectivity index (χ3v) is 2.15. The number of carbonyl (C=O) groups excluding carboxylic acids is 1. The van der Waals surface area contributed by atoms with E-state index >= 15 is 0 Å². The molecule has 1 aromatic heterocycles. The lowest BCUT2D eigenvalue weighted by Gasteiger charge is -2.03. The number of hydrogen-bond acceptors (Lipinski definition) is 4. The zero-order chi connectivity index (χ0) is 9.97. The van der Waals surface area contributed by atoms with E-state index in [0.717, 1.165) is 24.3 Å². The van der Waals surface area contributed by atoms with Crippen molar-refractivity contribution in [3.8, 4) is 0 Å². The molecule has 1 aromatic rings. The summed E-state index contributed by atoms with van der Waals surface area (Å²) in [5.41, 5.74) is 1.54. The first kappa shape index (κ1) is 8.99. The maximum atomic E-state index is 11.3. The fourth-order valence-corrected chi connectivity index (χ4v) is 1.48. The second-order valence-corrected chi connectivity index (χ2v) is 3.10. The van der Waals surface area contributed by atoms with Gasteiger partial charge in [0, 0.05) is 6.54 Å². The predicted octanol–water partition coefficient (Wildman–Crippen LogP) is 1.23. The molecule has 0 fully saturated rings. The van der Waals surface area contributed by atoms with Crippen molar-refractivity contribution in [1.82, 2.24) is 4.98 Å². The number of carbonyl (C=O) groups is 1. The molecule has 2 rings (SSSR count). The summed E-state index contributed by atoms with van der Waals surface area (Å²) in [5.74, 6) is 0.458. The third kappa shape index (κ3) is 1.55. The minimum absolute atomic E-state index is 0.357. The van der Waals surface area contributed by atoms with Gasteiger partial charge in [0.2, 0.25) is 0 Å². The molecule has 2 heterocycles. The summed E-state index contributed by atoms with van der Waals surface area (Å²) in [4.78, 5) is 15.5. The molecule has 0 amide bonds. The van der Waals surface area contributed by atoms with Gasteiger partial charge in [-0.05, 0) is 25.0 Å². The van der Waals surface area contributed by atoms with E-state index in [1.54, 1.807) is 13.0 Å². The normalized spacial score (nSPS) is 13.2. The van der Waals surface area contributed by atoms with Crippen LogP contribution in [0, 0.1) is 0 Å². The fourth-order valence-electron chi connectivity index (χ4n) is 1.48. The maximum Gasteiger partial charge on any atom is 0.356 e. The zero-order valence-electron chi connectivity index (χ0n) is 8.04. The van der Waals surface area contributed by atoms with E-state index in [1.165, 1.54) is 0 Å². The van der Waals surface area contributed by atoms with E-state index in [9.17, 15) is 4.79 Å². The predicted molar refractivity (Wildman–Crippen MR) is 52.4 cm³/mol. The number of fused-ring (bicyclic) bond motifs is 1. The summed E-state index contributed by atoms with van der Waals surface area (Å²) in [7, 11) is 0. The van der Waals surface area contributed by atoms with Gasteiger partial charge in [0.25, 0.3) is 0 Å². The Labute approximate surface area is 82.3 Å². The van der Waals surface area contributed by atoms with Gasteiger partial charge < -0.3 is 10.1 Å². The summed E-state index contributed by atoms with van der Waals surface area (Å²) in [5, 5.41) is 3.12. The van der Waals surface area contributed by atoms with Crippen molar-refractivity contribution in [2.45, 2.75) is 13.3 Å². The molecule has 0 saturated heterocycles. The first-order chi connectivity index (χ1) is 6.81. The number of nitrogens with zero attached hydrogens (tertiary/aromatic N) is 1. The van der Waals surface area contributed by atoms with Crippen molar-refractivity contribution in [1.29, 1.82) is 0 Å². The molecule has 4 heteroatoms. The highest BCUT2D eigenvalue weighted by atomic mass is 16.5. The SMILES string of the molecule is CCOC(=O)c1ccc2c(n1)NCC2. The Balaban J connectivity index is 2.24. The van der Waals surface area contributed by atoms with Gasteiger partial charge in [0.05, 0.1) is 6.61 Å². The molecule has 74 valence electrons. The Morgan fingerprint density at radius 3 is 3.29 bits per heavy atom. The zero-order valence-corrected chi connectivity index (χ0v) is 8.04. The second kappa shape index (κ2) is 3.65. The maximum absolute atomic E-state index is 11.3. The highest BCUT2D eigenvalue weighted by Crippen LogP contribution is 2.19. The Hall–Kier alpha value is -1.58. The first-order valence-corrected chi connectivity index (χ1v) is 4.72. The molecule has 0 atom stereocenters.